The Morgan fingerprint density at radius 3 is 2.44 bits per heavy atom. The van der Waals surface area contributed by atoms with Gasteiger partial charge in [0.2, 0.25) is 10.0 Å². The van der Waals surface area contributed by atoms with Crippen molar-refractivity contribution in [3.63, 3.8) is 0 Å². The molecule has 0 radical (unpaired) electrons. The zero-order chi connectivity index (χ0) is 18.4. The zero-order valence-corrected chi connectivity index (χ0v) is 15.0. The van der Waals surface area contributed by atoms with Crippen LogP contribution in [-0.4, -0.2) is 36.3 Å². The van der Waals surface area contributed by atoms with Gasteiger partial charge in [-0.25, -0.2) is 17.5 Å². The van der Waals surface area contributed by atoms with E-state index in [1.54, 1.807) is 31.4 Å². The van der Waals surface area contributed by atoms with Crippen molar-refractivity contribution in [3.05, 3.63) is 53.8 Å². The largest absolute Gasteiger partial charge is 0.497 e. The molecule has 1 N–H and O–H groups in total. The summed E-state index contributed by atoms with van der Waals surface area (Å²) >= 11 is 0. The van der Waals surface area contributed by atoms with Gasteiger partial charge in [0.25, 0.3) is 0 Å². The van der Waals surface area contributed by atoms with Crippen LogP contribution >= 0.6 is 0 Å². The molecule has 136 valence electrons. The molecule has 0 aliphatic carbocycles. The zero-order valence-electron chi connectivity index (χ0n) is 14.2. The predicted molar refractivity (Wildman–Crippen MR) is 90.9 cm³/mol. The third kappa shape index (κ3) is 4.68. The normalized spacial score (nSPS) is 12.6. The number of benzene rings is 2. The Hall–Kier alpha value is -2.16. The van der Waals surface area contributed by atoms with Crippen molar-refractivity contribution < 1.29 is 27.0 Å². The number of nitrogens with one attached hydrogen (secondary N) is 1. The first kappa shape index (κ1) is 19.2. The smallest absolute Gasteiger partial charge is 0.240 e. The van der Waals surface area contributed by atoms with Crippen LogP contribution < -0.4 is 14.2 Å². The van der Waals surface area contributed by atoms with Gasteiger partial charge in [-0.1, -0.05) is 12.1 Å². The first-order valence-corrected chi connectivity index (χ1v) is 8.89. The minimum atomic E-state index is -3.89. The molecule has 0 aliphatic rings. The summed E-state index contributed by atoms with van der Waals surface area (Å²) in [6, 6.07) is 10.6. The molecule has 8 heteroatoms. The van der Waals surface area contributed by atoms with Crippen LogP contribution in [0.4, 0.5) is 4.39 Å². The van der Waals surface area contributed by atoms with Crippen LogP contribution in [0.3, 0.4) is 0 Å². The summed E-state index contributed by atoms with van der Waals surface area (Å²) in [4.78, 5) is -0.189. The quantitative estimate of drug-likeness (QED) is 0.774. The Labute approximate surface area is 146 Å². The minimum absolute atomic E-state index is 0.0142. The third-order valence-electron chi connectivity index (χ3n) is 3.64. The highest BCUT2D eigenvalue weighted by atomic mass is 32.2. The number of sulfonamides is 1. The molecule has 0 fully saturated rings. The predicted octanol–water partition coefficient (Wildman–Crippen LogP) is 2.51. The Balaban J connectivity index is 2.15. The summed E-state index contributed by atoms with van der Waals surface area (Å²) in [5.74, 6) is -0.133. The van der Waals surface area contributed by atoms with E-state index in [2.05, 4.69) is 4.72 Å². The molecule has 0 saturated heterocycles. The molecule has 0 spiro atoms. The number of hydrogen-bond acceptors (Lipinski definition) is 5. The lowest BCUT2D eigenvalue weighted by Crippen LogP contribution is -2.29. The van der Waals surface area contributed by atoms with Crippen molar-refractivity contribution in [2.75, 3.05) is 27.9 Å². The molecule has 2 rings (SSSR count). The van der Waals surface area contributed by atoms with Gasteiger partial charge in [0, 0.05) is 13.7 Å². The number of halogens is 1. The van der Waals surface area contributed by atoms with Gasteiger partial charge >= 0.3 is 0 Å². The Bertz CT molecular complexity index is 826. The minimum Gasteiger partial charge on any atom is -0.497 e. The Kier molecular flexibility index (Phi) is 6.35. The van der Waals surface area contributed by atoms with Crippen LogP contribution in [0.15, 0.2) is 47.4 Å². The molecule has 0 aliphatic heterocycles. The molecule has 1 unspecified atom stereocenters. The molecule has 2 aromatic rings. The summed E-state index contributed by atoms with van der Waals surface area (Å²) in [5.41, 5.74) is 0.755. The number of methoxy groups -OCH3 is 3. The number of rotatable bonds is 8. The van der Waals surface area contributed by atoms with E-state index in [1.807, 2.05) is 0 Å². The first-order chi connectivity index (χ1) is 11.9. The first-order valence-electron chi connectivity index (χ1n) is 7.41. The molecule has 0 saturated carbocycles. The second-order valence-electron chi connectivity index (χ2n) is 5.15. The van der Waals surface area contributed by atoms with E-state index in [9.17, 15) is 12.8 Å². The molecular formula is C17H20FNO5S. The lowest BCUT2D eigenvalue weighted by atomic mass is 10.1. The molecule has 0 amide bonds. The van der Waals surface area contributed by atoms with Gasteiger partial charge in [-0.2, -0.15) is 0 Å². The van der Waals surface area contributed by atoms with Gasteiger partial charge in [0.05, 0.1) is 25.2 Å². The summed E-state index contributed by atoms with van der Waals surface area (Å²) in [6.45, 7) is -0.0142. The van der Waals surface area contributed by atoms with Gasteiger partial charge in [-0.05, 0) is 35.9 Å². The number of ether oxygens (including phenoxy) is 3. The SMILES string of the molecule is COc1cccc(C(CNS(=O)(=O)c2ccc(OC)c(F)c2)OC)c1. The second-order valence-corrected chi connectivity index (χ2v) is 6.92. The van der Waals surface area contributed by atoms with Gasteiger partial charge in [0.1, 0.15) is 5.75 Å². The Morgan fingerprint density at radius 1 is 1.08 bits per heavy atom. The molecule has 0 heterocycles. The van der Waals surface area contributed by atoms with E-state index in [0.29, 0.717) is 5.75 Å². The van der Waals surface area contributed by atoms with Gasteiger partial charge in [-0.15, -0.1) is 0 Å². The van der Waals surface area contributed by atoms with Crippen LogP contribution in [0, 0.1) is 5.82 Å². The van der Waals surface area contributed by atoms with Gasteiger partial charge in [0.15, 0.2) is 11.6 Å². The molecular weight excluding hydrogens is 349 g/mol. The molecule has 2 aromatic carbocycles. The van der Waals surface area contributed by atoms with Crippen LogP contribution in [-0.2, 0) is 14.8 Å². The molecule has 25 heavy (non-hydrogen) atoms. The van der Waals surface area contributed by atoms with Gasteiger partial charge < -0.3 is 14.2 Å². The monoisotopic (exact) mass is 369 g/mol. The fourth-order valence-corrected chi connectivity index (χ4v) is 3.31. The fraction of sp³-hybridized carbons (Fsp3) is 0.294. The lowest BCUT2D eigenvalue weighted by Gasteiger charge is -2.17. The average molecular weight is 369 g/mol. The topological polar surface area (TPSA) is 73.9 Å². The molecule has 1 atom stereocenters. The van der Waals surface area contributed by atoms with Crippen molar-refractivity contribution in [3.8, 4) is 11.5 Å². The number of hydrogen-bond donors (Lipinski definition) is 1. The van der Waals surface area contributed by atoms with E-state index < -0.39 is 21.9 Å². The van der Waals surface area contributed by atoms with Crippen molar-refractivity contribution in [2.45, 2.75) is 11.0 Å². The van der Waals surface area contributed by atoms with Crippen LogP contribution in [0.25, 0.3) is 0 Å². The maximum atomic E-state index is 13.7. The lowest BCUT2D eigenvalue weighted by molar-refractivity contribution is 0.107. The van der Waals surface area contributed by atoms with E-state index >= 15 is 0 Å². The van der Waals surface area contributed by atoms with Crippen LogP contribution in [0.1, 0.15) is 11.7 Å². The summed E-state index contributed by atoms with van der Waals surface area (Å²) < 4.78 is 56.2. The second kappa shape index (κ2) is 8.28. The molecule has 6 nitrogen and oxygen atoms in total. The summed E-state index contributed by atoms with van der Waals surface area (Å²) in [6.07, 6.45) is -0.520. The van der Waals surface area contributed by atoms with Crippen LogP contribution in [0.5, 0.6) is 11.5 Å². The Morgan fingerprint density at radius 2 is 1.84 bits per heavy atom. The average Bonchev–Trinajstić information content (AvgIpc) is 2.62. The van der Waals surface area contributed by atoms with Crippen molar-refractivity contribution in [2.24, 2.45) is 0 Å². The van der Waals surface area contributed by atoms with E-state index in [1.165, 1.54) is 26.4 Å². The standard InChI is InChI=1S/C17H20FNO5S/c1-22-13-6-4-5-12(9-13)17(24-3)11-19-25(20,21)14-7-8-16(23-2)15(18)10-14/h4-10,17,19H,11H2,1-3H3. The summed E-state index contributed by atoms with van der Waals surface area (Å²) in [5, 5.41) is 0. The highest BCUT2D eigenvalue weighted by Crippen LogP contribution is 2.23. The third-order valence-corrected chi connectivity index (χ3v) is 5.06. The fourth-order valence-electron chi connectivity index (χ4n) is 2.26. The molecule has 0 aromatic heterocycles. The van der Waals surface area contributed by atoms with Crippen LogP contribution in [0.2, 0.25) is 0 Å². The van der Waals surface area contributed by atoms with Crippen molar-refractivity contribution in [1.82, 2.24) is 4.72 Å². The molecule has 0 bridgehead atoms. The maximum absolute atomic E-state index is 13.7. The van der Waals surface area contributed by atoms with E-state index in [4.69, 9.17) is 14.2 Å². The highest BCUT2D eigenvalue weighted by Gasteiger charge is 2.20. The van der Waals surface area contributed by atoms with Crippen molar-refractivity contribution in [1.29, 1.82) is 0 Å². The maximum Gasteiger partial charge on any atom is 0.240 e. The van der Waals surface area contributed by atoms with Gasteiger partial charge in [-0.3, -0.25) is 0 Å². The van der Waals surface area contributed by atoms with E-state index in [-0.39, 0.29) is 17.2 Å². The van der Waals surface area contributed by atoms with E-state index in [0.717, 1.165) is 11.6 Å². The highest BCUT2D eigenvalue weighted by molar-refractivity contribution is 7.89. The van der Waals surface area contributed by atoms with Crippen molar-refractivity contribution >= 4 is 10.0 Å². The summed E-state index contributed by atoms with van der Waals surface area (Å²) in [7, 11) is 0.435.